The second kappa shape index (κ2) is 9.86. The maximum atomic E-state index is 13.0. The van der Waals surface area contributed by atoms with Crippen molar-refractivity contribution in [2.45, 2.75) is 19.8 Å². The molecule has 5 nitrogen and oxygen atoms in total. The molecule has 0 saturated carbocycles. The first-order valence-electron chi connectivity index (χ1n) is 9.55. The van der Waals surface area contributed by atoms with Gasteiger partial charge in [0, 0.05) is 11.4 Å². The summed E-state index contributed by atoms with van der Waals surface area (Å²) in [5.41, 5.74) is 2.52. The molecule has 1 aliphatic heterocycles. The zero-order chi connectivity index (χ0) is 22.5. The summed E-state index contributed by atoms with van der Waals surface area (Å²) in [7, 11) is 0. The highest BCUT2D eigenvalue weighted by atomic mass is 35.5. The maximum Gasteiger partial charge on any atom is 0.337 e. The van der Waals surface area contributed by atoms with Gasteiger partial charge in [-0.05, 0) is 37.1 Å². The number of nitrogens with one attached hydrogen (secondary N) is 1. The zero-order valence-electron chi connectivity index (χ0n) is 17.0. The van der Waals surface area contributed by atoms with Gasteiger partial charge < -0.3 is 15.2 Å². The van der Waals surface area contributed by atoms with Crippen LogP contribution in [0.3, 0.4) is 0 Å². The summed E-state index contributed by atoms with van der Waals surface area (Å²) in [6.45, 7) is 3.37. The van der Waals surface area contributed by atoms with Gasteiger partial charge in [-0.15, -0.1) is 0 Å². The molecule has 0 fully saturated rings. The molecule has 1 atom stereocenters. The van der Waals surface area contributed by atoms with E-state index in [2.05, 4.69) is 5.32 Å². The van der Waals surface area contributed by atoms with Crippen molar-refractivity contribution in [3.63, 3.8) is 0 Å². The third-order valence-electron chi connectivity index (χ3n) is 4.92. The fraction of sp³-hybridized carbons (Fsp3) is 0.167. The molecule has 0 saturated heterocycles. The number of allylic oxidation sites excluding steroid dienone is 2. The molecule has 0 aliphatic carbocycles. The number of halogens is 2. The van der Waals surface area contributed by atoms with Gasteiger partial charge in [0.15, 0.2) is 0 Å². The molecule has 0 bridgehead atoms. The first-order valence-corrected chi connectivity index (χ1v) is 10.3. The van der Waals surface area contributed by atoms with E-state index in [1.807, 2.05) is 36.4 Å². The van der Waals surface area contributed by atoms with E-state index in [1.54, 1.807) is 38.1 Å². The van der Waals surface area contributed by atoms with Gasteiger partial charge in [-0.1, -0.05) is 71.7 Å². The van der Waals surface area contributed by atoms with Crippen LogP contribution in [0.4, 0.5) is 0 Å². The van der Waals surface area contributed by atoms with Crippen LogP contribution < -0.4 is 5.32 Å². The molecule has 2 aromatic rings. The Bertz CT molecular complexity index is 1100. The highest BCUT2D eigenvalue weighted by molar-refractivity contribution is 6.42. The van der Waals surface area contributed by atoms with Crippen molar-refractivity contribution in [1.82, 2.24) is 5.32 Å². The number of esters is 1. The van der Waals surface area contributed by atoms with Crippen molar-refractivity contribution >= 4 is 41.2 Å². The summed E-state index contributed by atoms with van der Waals surface area (Å²) in [5.74, 6) is -2.71. The third-order valence-corrected chi connectivity index (χ3v) is 5.76. The molecule has 7 heteroatoms. The number of benzene rings is 2. The molecule has 0 radical (unpaired) electrons. The number of aliphatic carboxylic acids is 1. The fourth-order valence-corrected chi connectivity index (χ4v) is 3.97. The molecule has 2 N–H and O–H groups in total. The van der Waals surface area contributed by atoms with Gasteiger partial charge in [-0.25, -0.2) is 9.59 Å². The molecule has 0 aromatic heterocycles. The van der Waals surface area contributed by atoms with Gasteiger partial charge >= 0.3 is 11.9 Å². The summed E-state index contributed by atoms with van der Waals surface area (Å²) in [4.78, 5) is 25.1. The average molecular weight is 458 g/mol. The van der Waals surface area contributed by atoms with Gasteiger partial charge in [0.05, 0.1) is 27.1 Å². The molecular weight excluding hydrogens is 437 g/mol. The number of carbonyl (C=O) groups excluding carboxylic acids is 1. The van der Waals surface area contributed by atoms with Crippen molar-refractivity contribution in [2.24, 2.45) is 0 Å². The highest BCUT2D eigenvalue weighted by Crippen LogP contribution is 2.43. The Hall–Kier alpha value is -3.02. The molecule has 1 aliphatic rings. The van der Waals surface area contributed by atoms with Crippen LogP contribution in [-0.2, 0) is 14.3 Å². The monoisotopic (exact) mass is 457 g/mol. The number of hydrogen-bond donors (Lipinski definition) is 2. The predicted molar refractivity (Wildman–Crippen MR) is 122 cm³/mol. The van der Waals surface area contributed by atoms with Crippen LogP contribution in [0, 0.1) is 0 Å². The number of carboxylic acids is 1. The molecule has 31 heavy (non-hydrogen) atoms. The Morgan fingerprint density at radius 2 is 1.71 bits per heavy atom. The maximum absolute atomic E-state index is 13.0. The van der Waals surface area contributed by atoms with E-state index in [0.717, 1.165) is 5.56 Å². The second-order valence-electron chi connectivity index (χ2n) is 7.00. The largest absolute Gasteiger partial charge is 0.478 e. The van der Waals surface area contributed by atoms with E-state index < -0.39 is 17.9 Å². The van der Waals surface area contributed by atoms with Crippen molar-refractivity contribution in [1.29, 1.82) is 0 Å². The van der Waals surface area contributed by atoms with Crippen LogP contribution >= 0.6 is 23.2 Å². The van der Waals surface area contributed by atoms with Crippen molar-refractivity contribution < 1.29 is 19.4 Å². The normalized spacial score (nSPS) is 16.5. The lowest BCUT2D eigenvalue weighted by Crippen LogP contribution is -2.32. The first kappa shape index (κ1) is 22.7. The van der Waals surface area contributed by atoms with E-state index in [9.17, 15) is 14.7 Å². The minimum absolute atomic E-state index is 0.0153. The smallest absolute Gasteiger partial charge is 0.337 e. The Morgan fingerprint density at radius 3 is 2.39 bits per heavy atom. The number of carboxylic acid groups (broad SMARTS) is 1. The van der Waals surface area contributed by atoms with E-state index in [0.29, 0.717) is 17.0 Å². The minimum Gasteiger partial charge on any atom is -0.478 e. The highest BCUT2D eigenvalue weighted by Gasteiger charge is 2.38. The summed E-state index contributed by atoms with van der Waals surface area (Å²) >= 11 is 12.6. The molecular formula is C24H21Cl2NO4. The average Bonchev–Trinajstić information content (AvgIpc) is 2.73. The summed E-state index contributed by atoms with van der Waals surface area (Å²) in [5, 5.41) is 13.3. The lowest BCUT2D eigenvalue weighted by atomic mass is 9.80. The SMILES string of the molecule is CC1=C(C(=O)O)C(c2cccc(Cl)c2Cl)C(C(=O)OC/C=C/c2ccccc2)=C(C)N1. The standard InChI is InChI=1S/C24H21Cl2NO4/c1-14-19(23(28)29)21(17-11-6-12-18(25)22(17)26)20(15(2)27-14)24(30)31-13-7-10-16-8-4-3-5-9-16/h3-12,21,27H,13H2,1-2H3,(H,28,29)/b10-7+. The van der Waals surface area contributed by atoms with E-state index >= 15 is 0 Å². The molecule has 1 heterocycles. The predicted octanol–water partition coefficient (Wildman–Crippen LogP) is 5.57. The first-order chi connectivity index (χ1) is 14.8. The van der Waals surface area contributed by atoms with Crippen LogP contribution in [0.5, 0.6) is 0 Å². The van der Waals surface area contributed by atoms with Gasteiger partial charge in [-0.3, -0.25) is 0 Å². The third kappa shape index (κ3) is 5.01. The van der Waals surface area contributed by atoms with Crippen LogP contribution in [0.2, 0.25) is 10.0 Å². The molecule has 1 unspecified atom stereocenters. The van der Waals surface area contributed by atoms with Crippen LogP contribution in [0.1, 0.15) is 30.9 Å². The Kier molecular flexibility index (Phi) is 7.21. The molecule has 2 aromatic carbocycles. The number of dihydropyridines is 1. The Morgan fingerprint density at radius 1 is 1.03 bits per heavy atom. The van der Waals surface area contributed by atoms with Gasteiger partial charge in [0.25, 0.3) is 0 Å². The molecule has 160 valence electrons. The fourth-order valence-electron chi connectivity index (χ4n) is 3.55. The van der Waals surface area contributed by atoms with Crippen LogP contribution in [-0.4, -0.2) is 23.7 Å². The van der Waals surface area contributed by atoms with Crippen LogP contribution in [0.15, 0.2) is 77.1 Å². The number of rotatable bonds is 6. The zero-order valence-corrected chi connectivity index (χ0v) is 18.5. The second-order valence-corrected chi connectivity index (χ2v) is 7.78. The van der Waals surface area contributed by atoms with Crippen molar-refractivity contribution in [3.05, 3.63) is 98.3 Å². The molecule has 0 spiro atoms. The van der Waals surface area contributed by atoms with E-state index in [4.69, 9.17) is 27.9 Å². The van der Waals surface area contributed by atoms with Gasteiger partial charge in [0.2, 0.25) is 0 Å². The quantitative estimate of drug-likeness (QED) is 0.554. The number of ether oxygens (including phenoxy) is 1. The van der Waals surface area contributed by atoms with Crippen LogP contribution in [0.25, 0.3) is 6.08 Å². The van der Waals surface area contributed by atoms with Gasteiger partial charge in [0.1, 0.15) is 6.61 Å². The topological polar surface area (TPSA) is 75.6 Å². The minimum atomic E-state index is -1.16. The Labute approximate surface area is 190 Å². The lowest BCUT2D eigenvalue weighted by Gasteiger charge is -2.30. The van der Waals surface area contributed by atoms with E-state index in [1.165, 1.54) is 0 Å². The van der Waals surface area contributed by atoms with Crippen molar-refractivity contribution in [2.75, 3.05) is 6.61 Å². The molecule has 3 rings (SSSR count). The number of carbonyl (C=O) groups is 2. The summed E-state index contributed by atoms with van der Waals surface area (Å²) in [6, 6.07) is 14.5. The number of hydrogen-bond acceptors (Lipinski definition) is 4. The molecule has 0 amide bonds. The summed E-state index contributed by atoms with van der Waals surface area (Å²) in [6.07, 6.45) is 3.56. The van der Waals surface area contributed by atoms with Crippen molar-refractivity contribution in [3.8, 4) is 0 Å². The summed E-state index contributed by atoms with van der Waals surface area (Å²) < 4.78 is 5.44. The van der Waals surface area contributed by atoms with E-state index in [-0.39, 0.29) is 27.8 Å². The van der Waals surface area contributed by atoms with Gasteiger partial charge in [-0.2, -0.15) is 0 Å². The lowest BCUT2D eigenvalue weighted by molar-refractivity contribution is -0.138. The Balaban J connectivity index is 1.93.